The lowest BCUT2D eigenvalue weighted by Gasteiger charge is -2.15. The predicted molar refractivity (Wildman–Crippen MR) is 78.3 cm³/mol. The molecule has 7 nitrogen and oxygen atoms in total. The number of aromatic nitrogens is 2. The third-order valence-electron chi connectivity index (χ3n) is 4.04. The van der Waals surface area contributed by atoms with Crippen molar-refractivity contribution in [2.45, 2.75) is 25.3 Å². The second-order valence-corrected chi connectivity index (χ2v) is 5.42. The SMILES string of the molecule is CNC(Cc1cc2nc[nH]c(=O)c2cc1[N+](=O)[O-])C1CC1. The number of aromatic amines is 1. The number of hydrogen-bond donors (Lipinski definition) is 2. The van der Waals surface area contributed by atoms with Crippen LogP contribution in [0.1, 0.15) is 18.4 Å². The summed E-state index contributed by atoms with van der Waals surface area (Å²) in [6.07, 6.45) is 4.20. The smallest absolute Gasteiger partial charge is 0.273 e. The third kappa shape index (κ3) is 2.64. The molecule has 110 valence electrons. The maximum Gasteiger partial charge on any atom is 0.273 e. The summed E-state index contributed by atoms with van der Waals surface area (Å²) in [5, 5.41) is 14.8. The summed E-state index contributed by atoms with van der Waals surface area (Å²) in [5.41, 5.74) is 0.741. The molecular formula is C14H16N4O3. The van der Waals surface area contributed by atoms with E-state index in [1.54, 1.807) is 6.07 Å². The van der Waals surface area contributed by atoms with Gasteiger partial charge in [0.25, 0.3) is 11.2 Å². The van der Waals surface area contributed by atoms with Gasteiger partial charge < -0.3 is 10.3 Å². The Hall–Kier alpha value is -2.28. The van der Waals surface area contributed by atoms with Crippen LogP contribution in [-0.2, 0) is 6.42 Å². The summed E-state index contributed by atoms with van der Waals surface area (Å²) < 4.78 is 0. The molecule has 1 aromatic heterocycles. The fraction of sp³-hybridized carbons (Fsp3) is 0.429. The second kappa shape index (κ2) is 5.25. The van der Waals surface area contributed by atoms with Crippen molar-refractivity contribution in [3.8, 4) is 0 Å². The number of nitro groups is 1. The van der Waals surface area contributed by atoms with Gasteiger partial charge in [-0.2, -0.15) is 0 Å². The fourth-order valence-corrected chi connectivity index (χ4v) is 2.72. The first-order valence-corrected chi connectivity index (χ1v) is 6.92. The molecular weight excluding hydrogens is 272 g/mol. The zero-order chi connectivity index (χ0) is 15.0. The van der Waals surface area contributed by atoms with Gasteiger partial charge >= 0.3 is 0 Å². The van der Waals surface area contributed by atoms with Gasteiger partial charge in [-0.3, -0.25) is 14.9 Å². The minimum Gasteiger partial charge on any atom is -0.316 e. The molecule has 0 bridgehead atoms. The van der Waals surface area contributed by atoms with Gasteiger partial charge in [0.2, 0.25) is 0 Å². The van der Waals surface area contributed by atoms with Gasteiger partial charge in [0.15, 0.2) is 0 Å². The van der Waals surface area contributed by atoms with Gasteiger partial charge in [0.1, 0.15) is 0 Å². The highest BCUT2D eigenvalue weighted by molar-refractivity contribution is 5.81. The molecule has 0 amide bonds. The maximum atomic E-state index is 11.7. The lowest BCUT2D eigenvalue weighted by atomic mass is 9.99. The lowest BCUT2D eigenvalue weighted by molar-refractivity contribution is -0.385. The van der Waals surface area contributed by atoms with Crippen LogP contribution in [0.4, 0.5) is 5.69 Å². The normalized spacial score (nSPS) is 16.0. The second-order valence-electron chi connectivity index (χ2n) is 5.42. The molecule has 7 heteroatoms. The molecule has 2 aromatic rings. The monoisotopic (exact) mass is 288 g/mol. The molecule has 0 saturated heterocycles. The van der Waals surface area contributed by atoms with E-state index in [4.69, 9.17) is 0 Å². The van der Waals surface area contributed by atoms with Crippen molar-refractivity contribution >= 4 is 16.6 Å². The average Bonchev–Trinajstić information content (AvgIpc) is 3.28. The number of benzene rings is 1. The Labute approximate surface area is 120 Å². The van der Waals surface area contributed by atoms with Crippen molar-refractivity contribution < 1.29 is 4.92 Å². The van der Waals surface area contributed by atoms with E-state index >= 15 is 0 Å². The highest BCUT2D eigenvalue weighted by atomic mass is 16.6. The summed E-state index contributed by atoms with van der Waals surface area (Å²) in [7, 11) is 1.87. The van der Waals surface area contributed by atoms with Crippen LogP contribution >= 0.6 is 0 Å². The first kappa shape index (κ1) is 13.7. The Morgan fingerprint density at radius 3 is 2.90 bits per heavy atom. The van der Waals surface area contributed by atoms with Gasteiger partial charge in [-0.1, -0.05) is 0 Å². The first-order chi connectivity index (χ1) is 10.1. The number of hydrogen-bond acceptors (Lipinski definition) is 5. The topological polar surface area (TPSA) is 101 Å². The third-order valence-corrected chi connectivity index (χ3v) is 4.04. The quantitative estimate of drug-likeness (QED) is 0.639. The van der Waals surface area contributed by atoms with Crippen LogP contribution in [-0.4, -0.2) is 28.0 Å². The van der Waals surface area contributed by atoms with E-state index in [0.717, 1.165) is 12.8 Å². The Morgan fingerprint density at radius 1 is 1.52 bits per heavy atom. The Bertz CT molecular complexity index is 751. The Morgan fingerprint density at radius 2 is 2.29 bits per heavy atom. The molecule has 0 aliphatic heterocycles. The van der Waals surface area contributed by atoms with Gasteiger partial charge in [0.05, 0.1) is 22.2 Å². The van der Waals surface area contributed by atoms with Crippen molar-refractivity contribution in [3.63, 3.8) is 0 Å². The van der Waals surface area contributed by atoms with Crippen molar-refractivity contribution in [1.82, 2.24) is 15.3 Å². The molecule has 1 aliphatic rings. The number of rotatable bonds is 5. The summed E-state index contributed by atoms with van der Waals surface area (Å²) in [6.45, 7) is 0. The Kier molecular flexibility index (Phi) is 3.42. The van der Waals surface area contributed by atoms with Gasteiger partial charge in [-0.05, 0) is 38.3 Å². The summed E-state index contributed by atoms with van der Waals surface area (Å²) >= 11 is 0. The summed E-state index contributed by atoms with van der Waals surface area (Å²) in [5.74, 6) is 0.581. The van der Waals surface area contributed by atoms with Gasteiger partial charge in [-0.25, -0.2) is 4.98 Å². The van der Waals surface area contributed by atoms with Crippen molar-refractivity contribution in [2.24, 2.45) is 5.92 Å². The van der Waals surface area contributed by atoms with Gasteiger partial charge in [-0.15, -0.1) is 0 Å². The van der Waals surface area contributed by atoms with Crippen LogP contribution < -0.4 is 10.9 Å². The number of nitro benzene ring substituents is 1. The van der Waals surface area contributed by atoms with Crippen molar-refractivity contribution in [3.05, 3.63) is 44.5 Å². The molecule has 1 heterocycles. The van der Waals surface area contributed by atoms with Crippen molar-refractivity contribution in [1.29, 1.82) is 0 Å². The number of nitrogens with one attached hydrogen (secondary N) is 2. The number of nitrogens with zero attached hydrogens (tertiary/aromatic N) is 2. The number of H-pyrrole nitrogens is 1. The molecule has 1 atom stereocenters. The minimum atomic E-state index is -0.430. The van der Waals surface area contributed by atoms with Crippen LogP contribution in [0, 0.1) is 16.0 Å². The van der Waals surface area contributed by atoms with E-state index in [2.05, 4.69) is 15.3 Å². The van der Waals surface area contributed by atoms with Crippen LogP contribution in [0.2, 0.25) is 0 Å². The molecule has 2 N–H and O–H groups in total. The van der Waals surface area contributed by atoms with E-state index in [9.17, 15) is 14.9 Å². The van der Waals surface area contributed by atoms with Crippen molar-refractivity contribution in [2.75, 3.05) is 7.05 Å². The fourth-order valence-electron chi connectivity index (χ4n) is 2.72. The molecule has 3 rings (SSSR count). The summed E-state index contributed by atoms with van der Waals surface area (Å²) in [4.78, 5) is 29.1. The zero-order valence-corrected chi connectivity index (χ0v) is 11.6. The lowest BCUT2D eigenvalue weighted by Crippen LogP contribution is -2.30. The molecule has 21 heavy (non-hydrogen) atoms. The van der Waals surface area contributed by atoms with Gasteiger partial charge in [0, 0.05) is 17.7 Å². The molecule has 0 radical (unpaired) electrons. The zero-order valence-electron chi connectivity index (χ0n) is 11.6. The predicted octanol–water partition coefficient (Wildman–Crippen LogP) is 1.37. The van der Waals surface area contributed by atoms with E-state index in [1.165, 1.54) is 12.4 Å². The highest BCUT2D eigenvalue weighted by Gasteiger charge is 2.31. The number of likely N-dealkylation sites (N-methyl/N-ethyl adjacent to an activating group) is 1. The van der Waals surface area contributed by atoms with E-state index in [1.807, 2.05) is 7.05 Å². The first-order valence-electron chi connectivity index (χ1n) is 6.92. The van der Waals surface area contributed by atoms with Crippen LogP contribution in [0.3, 0.4) is 0 Å². The molecule has 1 fully saturated rings. The highest BCUT2D eigenvalue weighted by Crippen LogP contribution is 2.35. The van der Waals surface area contributed by atoms with E-state index in [0.29, 0.717) is 23.4 Å². The van der Waals surface area contributed by atoms with E-state index < -0.39 is 4.92 Å². The maximum absolute atomic E-state index is 11.7. The largest absolute Gasteiger partial charge is 0.316 e. The average molecular weight is 288 g/mol. The van der Waals surface area contributed by atoms with E-state index in [-0.39, 0.29) is 22.7 Å². The molecule has 1 saturated carbocycles. The standard InChI is InChI=1S/C14H16N4O3/c1-15-11(8-2-3-8)4-9-5-12-10(6-13(9)18(20)21)14(19)17-7-16-12/h5-8,11,15H,2-4H2,1H3,(H,16,17,19). The molecule has 0 spiro atoms. The van der Waals surface area contributed by atoms with Crippen LogP contribution in [0.5, 0.6) is 0 Å². The Balaban J connectivity index is 2.09. The van der Waals surface area contributed by atoms with Crippen LogP contribution in [0.25, 0.3) is 10.9 Å². The minimum absolute atomic E-state index is 0.0121. The summed E-state index contributed by atoms with van der Waals surface area (Å²) in [6, 6.07) is 3.22. The molecule has 1 aliphatic carbocycles. The number of fused-ring (bicyclic) bond motifs is 1. The van der Waals surface area contributed by atoms with Crippen LogP contribution in [0.15, 0.2) is 23.3 Å². The molecule has 1 unspecified atom stereocenters. The molecule has 1 aromatic carbocycles.